The topological polar surface area (TPSA) is 53.1 Å². The molecule has 0 saturated heterocycles. The second kappa shape index (κ2) is 5.29. The lowest BCUT2D eigenvalue weighted by molar-refractivity contribution is 0.187. The Morgan fingerprint density at radius 1 is 1.41 bits per heavy atom. The Labute approximate surface area is 101 Å². The average molecular weight is 233 g/mol. The Morgan fingerprint density at radius 3 is 2.88 bits per heavy atom. The fraction of sp³-hybridized carbons (Fsp3) is 0.462. The SMILES string of the molecule is CCC(N)c1nc2ccccc2n1CCOC. The number of nitrogens with zero attached hydrogens (tertiary/aromatic N) is 2. The van der Waals surface area contributed by atoms with Crippen molar-refractivity contribution in [3.05, 3.63) is 30.1 Å². The van der Waals surface area contributed by atoms with Gasteiger partial charge in [-0.25, -0.2) is 4.98 Å². The second-order valence-electron chi connectivity index (χ2n) is 4.12. The van der Waals surface area contributed by atoms with Crippen LogP contribution in [0.3, 0.4) is 0 Å². The highest BCUT2D eigenvalue weighted by Gasteiger charge is 2.14. The molecular formula is C13H19N3O. The van der Waals surface area contributed by atoms with Gasteiger partial charge in [0.1, 0.15) is 5.82 Å². The molecule has 0 bridgehead atoms. The first kappa shape index (κ1) is 12.1. The highest BCUT2D eigenvalue weighted by Crippen LogP contribution is 2.21. The van der Waals surface area contributed by atoms with E-state index in [0.717, 1.165) is 29.8 Å². The van der Waals surface area contributed by atoms with Gasteiger partial charge < -0.3 is 15.0 Å². The van der Waals surface area contributed by atoms with Crippen molar-refractivity contribution in [3.8, 4) is 0 Å². The van der Waals surface area contributed by atoms with Crippen LogP contribution in [0.1, 0.15) is 25.2 Å². The first-order valence-corrected chi connectivity index (χ1v) is 5.97. The molecule has 1 heterocycles. The van der Waals surface area contributed by atoms with Gasteiger partial charge in [-0.2, -0.15) is 0 Å². The van der Waals surface area contributed by atoms with E-state index in [1.54, 1.807) is 7.11 Å². The molecule has 4 heteroatoms. The van der Waals surface area contributed by atoms with Gasteiger partial charge in [0.2, 0.25) is 0 Å². The van der Waals surface area contributed by atoms with Crippen molar-refractivity contribution in [2.75, 3.05) is 13.7 Å². The lowest BCUT2D eigenvalue weighted by Crippen LogP contribution is -2.17. The van der Waals surface area contributed by atoms with Crippen molar-refractivity contribution in [2.24, 2.45) is 5.73 Å². The van der Waals surface area contributed by atoms with Crippen LogP contribution in [0, 0.1) is 0 Å². The molecule has 1 atom stereocenters. The highest BCUT2D eigenvalue weighted by molar-refractivity contribution is 5.76. The largest absolute Gasteiger partial charge is 0.383 e. The molecule has 0 amide bonds. The van der Waals surface area contributed by atoms with Crippen molar-refractivity contribution in [3.63, 3.8) is 0 Å². The Hall–Kier alpha value is -1.39. The molecule has 1 unspecified atom stereocenters. The van der Waals surface area contributed by atoms with Gasteiger partial charge in [0.05, 0.1) is 23.7 Å². The van der Waals surface area contributed by atoms with Gasteiger partial charge in [0.25, 0.3) is 0 Å². The van der Waals surface area contributed by atoms with E-state index in [0.29, 0.717) is 6.61 Å². The zero-order chi connectivity index (χ0) is 12.3. The summed E-state index contributed by atoms with van der Waals surface area (Å²) < 4.78 is 7.30. The normalized spacial score (nSPS) is 13.1. The van der Waals surface area contributed by atoms with Crippen LogP contribution < -0.4 is 5.73 Å². The minimum Gasteiger partial charge on any atom is -0.383 e. The maximum Gasteiger partial charge on any atom is 0.126 e. The third-order valence-electron chi connectivity index (χ3n) is 2.97. The molecule has 1 aromatic heterocycles. The number of hydrogen-bond acceptors (Lipinski definition) is 3. The van der Waals surface area contributed by atoms with Gasteiger partial charge in [0.15, 0.2) is 0 Å². The van der Waals surface area contributed by atoms with E-state index in [-0.39, 0.29) is 6.04 Å². The lowest BCUT2D eigenvalue weighted by Gasteiger charge is -2.12. The average Bonchev–Trinajstić information content (AvgIpc) is 2.74. The van der Waals surface area contributed by atoms with E-state index < -0.39 is 0 Å². The molecule has 2 rings (SSSR count). The molecule has 0 aliphatic rings. The molecule has 2 N–H and O–H groups in total. The van der Waals surface area contributed by atoms with E-state index in [2.05, 4.69) is 22.5 Å². The van der Waals surface area contributed by atoms with E-state index in [4.69, 9.17) is 10.5 Å². The number of para-hydroxylation sites is 2. The van der Waals surface area contributed by atoms with Gasteiger partial charge >= 0.3 is 0 Å². The van der Waals surface area contributed by atoms with E-state index >= 15 is 0 Å². The molecule has 1 aromatic carbocycles. The maximum atomic E-state index is 6.11. The van der Waals surface area contributed by atoms with E-state index in [1.807, 2.05) is 18.2 Å². The maximum absolute atomic E-state index is 6.11. The van der Waals surface area contributed by atoms with E-state index in [1.165, 1.54) is 0 Å². The predicted molar refractivity (Wildman–Crippen MR) is 68.8 cm³/mol. The summed E-state index contributed by atoms with van der Waals surface area (Å²) in [7, 11) is 1.71. The summed E-state index contributed by atoms with van der Waals surface area (Å²) >= 11 is 0. The summed E-state index contributed by atoms with van der Waals surface area (Å²) in [5.74, 6) is 0.950. The third-order valence-corrected chi connectivity index (χ3v) is 2.97. The van der Waals surface area contributed by atoms with Crippen LogP contribution in [0.5, 0.6) is 0 Å². The summed E-state index contributed by atoms with van der Waals surface area (Å²) in [6.45, 7) is 3.54. The number of nitrogens with two attached hydrogens (primary N) is 1. The Balaban J connectivity index is 2.48. The number of fused-ring (bicyclic) bond motifs is 1. The van der Waals surface area contributed by atoms with Crippen LogP contribution in [0.15, 0.2) is 24.3 Å². The standard InChI is InChI=1S/C13H19N3O/c1-3-10(14)13-15-11-6-4-5-7-12(11)16(13)8-9-17-2/h4-7,10H,3,8-9,14H2,1-2H3. The smallest absolute Gasteiger partial charge is 0.126 e. The minimum atomic E-state index is -0.0146. The van der Waals surface area contributed by atoms with Crippen LogP contribution in [0.25, 0.3) is 11.0 Å². The van der Waals surface area contributed by atoms with Crippen molar-refractivity contribution >= 4 is 11.0 Å². The molecule has 2 aromatic rings. The van der Waals surface area contributed by atoms with Gasteiger partial charge in [-0.3, -0.25) is 0 Å². The number of methoxy groups -OCH3 is 1. The second-order valence-corrected chi connectivity index (χ2v) is 4.12. The first-order valence-electron chi connectivity index (χ1n) is 5.97. The quantitative estimate of drug-likeness (QED) is 0.860. The van der Waals surface area contributed by atoms with Crippen LogP contribution in [0.2, 0.25) is 0 Å². The zero-order valence-corrected chi connectivity index (χ0v) is 10.4. The van der Waals surface area contributed by atoms with Crippen molar-refractivity contribution in [1.82, 2.24) is 9.55 Å². The van der Waals surface area contributed by atoms with Crippen LogP contribution in [-0.2, 0) is 11.3 Å². The van der Waals surface area contributed by atoms with Crippen LogP contribution >= 0.6 is 0 Å². The molecule has 4 nitrogen and oxygen atoms in total. The van der Waals surface area contributed by atoms with Gasteiger partial charge in [-0.15, -0.1) is 0 Å². The first-order chi connectivity index (χ1) is 8.27. The summed E-state index contributed by atoms with van der Waals surface area (Å²) in [5.41, 5.74) is 8.24. The van der Waals surface area contributed by atoms with Gasteiger partial charge in [-0.1, -0.05) is 19.1 Å². The van der Waals surface area contributed by atoms with Crippen LogP contribution in [0.4, 0.5) is 0 Å². The number of rotatable bonds is 5. The van der Waals surface area contributed by atoms with Crippen LogP contribution in [-0.4, -0.2) is 23.3 Å². The summed E-state index contributed by atoms with van der Waals surface area (Å²) in [5, 5.41) is 0. The summed E-state index contributed by atoms with van der Waals surface area (Å²) in [4.78, 5) is 4.62. The Bertz CT molecular complexity index is 492. The molecule has 0 aliphatic heterocycles. The third kappa shape index (κ3) is 2.33. The van der Waals surface area contributed by atoms with Crippen molar-refractivity contribution in [1.29, 1.82) is 0 Å². The number of benzene rings is 1. The molecule has 0 spiro atoms. The molecule has 92 valence electrons. The zero-order valence-electron chi connectivity index (χ0n) is 10.4. The van der Waals surface area contributed by atoms with Gasteiger partial charge in [-0.05, 0) is 18.6 Å². The Morgan fingerprint density at radius 2 is 2.18 bits per heavy atom. The number of aromatic nitrogens is 2. The van der Waals surface area contributed by atoms with Crippen molar-refractivity contribution in [2.45, 2.75) is 25.9 Å². The fourth-order valence-electron chi connectivity index (χ4n) is 1.98. The monoisotopic (exact) mass is 233 g/mol. The minimum absolute atomic E-state index is 0.0146. The molecule has 0 fully saturated rings. The summed E-state index contributed by atoms with van der Waals surface area (Å²) in [6.07, 6.45) is 0.885. The number of ether oxygens (including phenoxy) is 1. The van der Waals surface area contributed by atoms with Gasteiger partial charge in [0, 0.05) is 13.7 Å². The van der Waals surface area contributed by atoms with E-state index in [9.17, 15) is 0 Å². The fourth-order valence-corrected chi connectivity index (χ4v) is 1.98. The summed E-state index contributed by atoms with van der Waals surface area (Å²) in [6, 6.07) is 8.10. The molecule has 0 radical (unpaired) electrons. The molecule has 0 saturated carbocycles. The Kier molecular flexibility index (Phi) is 3.76. The number of imidazole rings is 1. The predicted octanol–water partition coefficient (Wildman–Crippen LogP) is 2.09. The van der Waals surface area contributed by atoms with Crippen molar-refractivity contribution < 1.29 is 4.74 Å². The molecule has 17 heavy (non-hydrogen) atoms. The molecule has 0 aliphatic carbocycles. The lowest BCUT2D eigenvalue weighted by atomic mass is 10.2. The highest BCUT2D eigenvalue weighted by atomic mass is 16.5. The number of hydrogen-bond donors (Lipinski definition) is 1. The molecular weight excluding hydrogens is 214 g/mol.